The number of hydrogen-bond acceptors (Lipinski definition) is 4. The minimum atomic E-state index is -0.903. The molecule has 0 amide bonds. The van der Waals surface area contributed by atoms with Crippen molar-refractivity contribution in [3.63, 3.8) is 0 Å². The molecule has 0 saturated heterocycles. The molecule has 0 fully saturated rings. The van der Waals surface area contributed by atoms with Gasteiger partial charge < -0.3 is 30.8 Å². The minimum Gasteiger partial charge on any atom is -2.00 e. The van der Waals surface area contributed by atoms with Crippen molar-refractivity contribution in [3.05, 3.63) is 0 Å². The van der Waals surface area contributed by atoms with E-state index >= 15 is 0 Å². The first kappa shape index (κ1) is 57.1. The maximum absolute atomic E-state index is 10.2. The Labute approximate surface area is 319 Å². The summed E-state index contributed by atoms with van der Waals surface area (Å²) in [6, 6.07) is 0. The Balaban J connectivity index is -0.000000150. The summed E-state index contributed by atoms with van der Waals surface area (Å²) in [4.78, 5) is 20.4. The molecular formula is C36H70CaO6Ti. The summed E-state index contributed by atoms with van der Waals surface area (Å²) < 4.78 is 0. The van der Waals surface area contributed by atoms with E-state index in [1.165, 1.54) is 167 Å². The van der Waals surface area contributed by atoms with Crippen molar-refractivity contribution in [2.45, 2.75) is 219 Å². The molecule has 256 valence electrons. The van der Waals surface area contributed by atoms with E-state index in [1.54, 1.807) is 0 Å². The van der Waals surface area contributed by atoms with Gasteiger partial charge in [0.2, 0.25) is 0 Å². The first-order valence-electron chi connectivity index (χ1n) is 17.9. The number of carbonyl (C=O) groups is 2. The zero-order valence-corrected chi connectivity index (χ0v) is 33.1. The molecule has 0 aromatic heterocycles. The Bertz CT molecular complexity index is 467. The van der Waals surface area contributed by atoms with Gasteiger partial charge in [0.1, 0.15) is 0 Å². The van der Waals surface area contributed by atoms with E-state index in [9.17, 15) is 19.8 Å². The van der Waals surface area contributed by atoms with E-state index in [0.717, 1.165) is 25.7 Å². The monoisotopic (exact) mass is 686 g/mol. The van der Waals surface area contributed by atoms with Gasteiger partial charge in [-0.15, -0.1) is 0 Å². The van der Waals surface area contributed by atoms with Gasteiger partial charge in [0.05, 0.1) is 0 Å². The third-order valence-corrected chi connectivity index (χ3v) is 7.97. The van der Waals surface area contributed by atoms with Crippen LogP contribution in [0.3, 0.4) is 0 Å². The third-order valence-electron chi connectivity index (χ3n) is 7.97. The van der Waals surface area contributed by atoms with E-state index in [4.69, 9.17) is 0 Å². The second-order valence-corrected chi connectivity index (χ2v) is 12.1. The molecule has 6 nitrogen and oxygen atoms in total. The topological polar surface area (TPSA) is 137 Å². The van der Waals surface area contributed by atoms with E-state index in [0.29, 0.717) is 0 Å². The van der Waals surface area contributed by atoms with Gasteiger partial charge in [-0.3, -0.25) is 0 Å². The second kappa shape index (κ2) is 53.3. The molecule has 0 rings (SSSR count). The molecule has 8 heteroatoms. The van der Waals surface area contributed by atoms with E-state index in [1.807, 2.05) is 0 Å². The van der Waals surface area contributed by atoms with Crippen LogP contribution in [0.1, 0.15) is 219 Å². The van der Waals surface area contributed by atoms with Crippen LogP contribution < -0.4 is 10.2 Å². The van der Waals surface area contributed by atoms with Crippen LogP contribution in [0.4, 0.5) is 0 Å². The fourth-order valence-electron chi connectivity index (χ4n) is 5.28. The predicted octanol–water partition coefficient (Wildman–Crippen LogP) is 9.37. The number of hydrogen-bond donors (Lipinski definition) is 0. The molecule has 0 aliphatic carbocycles. The number of carboxylic acid groups (broad SMARTS) is 2. The fraction of sp³-hybridized carbons (Fsp3) is 0.944. The number of unbranched alkanes of at least 4 members (excludes halogenated alkanes) is 28. The van der Waals surface area contributed by atoms with Crippen molar-refractivity contribution in [2.75, 3.05) is 0 Å². The van der Waals surface area contributed by atoms with Gasteiger partial charge >= 0.3 is 59.5 Å². The summed E-state index contributed by atoms with van der Waals surface area (Å²) in [5.74, 6) is -1.81. The van der Waals surface area contributed by atoms with Gasteiger partial charge in [-0.05, 0) is 25.7 Å². The SMILES string of the molecule is CCCCCCCCCCCCCCCCCC(=O)[O-].CCCCCCCCCCCCCCCCCC(=O)[O-].[Ca+2].[O-2].[O-2].[Ti+4]. The second-order valence-electron chi connectivity index (χ2n) is 12.1. The summed E-state index contributed by atoms with van der Waals surface area (Å²) in [6.07, 6.45) is 39.7. The first-order chi connectivity index (χ1) is 19.5. The summed E-state index contributed by atoms with van der Waals surface area (Å²) in [7, 11) is 0. The molecule has 0 aromatic carbocycles. The van der Waals surface area contributed by atoms with Gasteiger partial charge in [-0.1, -0.05) is 194 Å². The van der Waals surface area contributed by atoms with Gasteiger partial charge in [-0.2, -0.15) is 0 Å². The standard InChI is InChI=1S/2C18H36O2.Ca.2O.Ti/c2*1-2-3-4-5-6-7-8-9-10-11-12-13-14-15-16-17-18(19)20;;;;/h2*2-17H2,1H3,(H,19,20);;;;/q;;+2;2*-2;+4/p-2. The van der Waals surface area contributed by atoms with Crippen molar-refractivity contribution in [2.24, 2.45) is 0 Å². The summed E-state index contributed by atoms with van der Waals surface area (Å²) in [5, 5.41) is 20.4. The number of carboxylic acids is 2. The molecular weight excluding hydrogens is 616 g/mol. The molecule has 0 aromatic rings. The largest absolute Gasteiger partial charge is 4.00 e. The van der Waals surface area contributed by atoms with E-state index in [-0.39, 0.29) is 83.3 Å². The molecule has 0 aliphatic rings. The summed E-state index contributed by atoms with van der Waals surface area (Å²) in [6.45, 7) is 4.53. The molecule has 0 aliphatic heterocycles. The van der Waals surface area contributed by atoms with Gasteiger partial charge in [0, 0.05) is 11.9 Å². The maximum Gasteiger partial charge on any atom is 4.00 e. The molecule has 0 unspecified atom stereocenters. The van der Waals surface area contributed by atoms with Gasteiger partial charge in [-0.25, -0.2) is 0 Å². The zero-order valence-electron chi connectivity index (χ0n) is 29.3. The molecule has 0 atom stereocenters. The van der Waals surface area contributed by atoms with Crippen LogP contribution in [0.2, 0.25) is 0 Å². The van der Waals surface area contributed by atoms with Crippen LogP contribution in [0.25, 0.3) is 0 Å². The minimum absolute atomic E-state index is 0. The Morgan fingerprint density at radius 2 is 0.477 bits per heavy atom. The van der Waals surface area contributed by atoms with Crippen molar-refractivity contribution < 1.29 is 52.5 Å². The van der Waals surface area contributed by atoms with E-state index < -0.39 is 11.9 Å². The van der Waals surface area contributed by atoms with Crippen molar-refractivity contribution in [1.29, 1.82) is 0 Å². The molecule has 44 heavy (non-hydrogen) atoms. The van der Waals surface area contributed by atoms with Crippen molar-refractivity contribution in [3.8, 4) is 0 Å². The molecule has 0 heterocycles. The molecule has 0 saturated carbocycles. The van der Waals surface area contributed by atoms with Crippen LogP contribution in [0.15, 0.2) is 0 Å². The molecule has 0 radical (unpaired) electrons. The zero-order chi connectivity index (χ0) is 29.8. The molecule has 0 bridgehead atoms. The van der Waals surface area contributed by atoms with Gasteiger partial charge in [0.25, 0.3) is 0 Å². The normalized spacial score (nSPS) is 9.86. The number of aliphatic carboxylic acids is 2. The predicted molar refractivity (Wildman–Crippen MR) is 176 cm³/mol. The van der Waals surface area contributed by atoms with Crippen LogP contribution in [-0.4, -0.2) is 49.7 Å². The molecule has 0 spiro atoms. The quantitative estimate of drug-likeness (QED) is 0.0514. The smallest absolute Gasteiger partial charge is 2.00 e. The van der Waals surface area contributed by atoms with Crippen LogP contribution in [-0.2, 0) is 42.3 Å². The van der Waals surface area contributed by atoms with Crippen molar-refractivity contribution in [1.82, 2.24) is 0 Å². The Hall–Kier alpha value is 0.834. The first-order valence-corrected chi connectivity index (χ1v) is 17.9. The maximum atomic E-state index is 10.2. The van der Waals surface area contributed by atoms with Crippen molar-refractivity contribution >= 4 is 49.7 Å². The number of carbonyl (C=O) groups excluding carboxylic acids is 2. The van der Waals surface area contributed by atoms with Gasteiger partial charge in [0.15, 0.2) is 0 Å². The Kier molecular flexibility index (Phi) is 69.2. The van der Waals surface area contributed by atoms with Crippen LogP contribution in [0.5, 0.6) is 0 Å². The Morgan fingerprint density at radius 3 is 0.614 bits per heavy atom. The fourth-order valence-corrected chi connectivity index (χ4v) is 5.28. The average Bonchev–Trinajstić information content (AvgIpc) is 2.93. The third kappa shape index (κ3) is 61.8. The summed E-state index contributed by atoms with van der Waals surface area (Å²) >= 11 is 0. The number of rotatable bonds is 32. The van der Waals surface area contributed by atoms with Crippen LogP contribution in [0, 0.1) is 0 Å². The van der Waals surface area contributed by atoms with Crippen LogP contribution >= 0.6 is 0 Å². The average molecular weight is 687 g/mol. The van der Waals surface area contributed by atoms with E-state index in [2.05, 4.69) is 13.8 Å². The summed E-state index contributed by atoms with van der Waals surface area (Å²) in [5.41, 5.74) is 0. The molecule has 0 N–H and O–H groups in total. The Morgan fingerprint density at radius 1 is 0.341 bits per heavy atom.